The van der Waals surface area contributed by atoms with Gasteiger partial charge in [0.2, 0.25) is 0 Å². The van der Waals surface area contributed by atoms with E-state index >= 15 is 0 Å². The zero-order valence-corrected chi connectivity index (χ0v) is 13.6. The van der Waals surface area contributed by atoms with Crippen LogP contribution in [0.25, 0.3) is 22.4 Å². The van der Waals surface area contributed by atoms with Crippen LogP contribution < -0.4 is 9.79 Å². The lowest BCUT2D eigenvalue weighted by atomic mass is 10.2. The van der Waals surface area contributed by atoms with Crippen LogP contribution in [0.4, 0.5) is 0 Å². The molecule has 126 valence electrons. The van der Waals surface area contributed by atoms with Gasteiger partial charge in [0.05, 0.1) is 12.4 Å². The monoisotopic (exact) mass is 343 g/mol. The Labute approximate surface area is 147 Å². The number of rotatable bonds is 3. The van der Waals surface area contributed by atoms with E-state index in [4.69, 9.17) is 0 Å². The van der Waals surface area contributed by atoms with Gasteiger partial charge >= 0.3 is 5.65 Å². The summed E-state index contributed by atoms with van der Waals surface area (Å²) in [6.07, 6.45) is 1.65. The third-order valence-corrected chi connectivity index (χ3v) is 4.18. The van der Waals surface area contributed by atoms with Gasteiger partial charge in [-0.3, -0.25) is 0 Å². The lowest BCUT2D eigenvalue weighted by Gasteiger charge is -2.07. The SMILES string of the molecule is [O-]c1nn2c[n+](-c3ccccc3)nc2c2nnn(Cc3ccccc3)c12. The molecule has 0 bridgehead atoms. The molecular formula is C18H13N7O. The van der Waals surface area contributed by atoms with Gasteiger partial charge in [0.1, 0.15) is 5.52 Å². The molecule has 26 heavy (non-hydrogen) atoms. The molecule has 0 aliphatic carbocycles. The largest absolute Gasteiger partial charge is 0.854 e. The van der Waals surface area contributed by atoms with Gasteiger partial charge in [-0.1, -0.05) is 68.0 Å². The van der Waals surface area contributed by atoms with Crippen LogP contribution in [0.3, 0.4) is 0 Å². The van der Waals surface area contributed by atoms with E-state index in [1.165, 1.54) is 4.52 Å². The Kier molecular flexibility index (Phi) is 3.14. The molecule has 0 radical (unpaired) electrons. The lowest BCUT2D eigenvalue weighted by molar-refractivity contribution is -0.655. The second kappa shape index (κ2) is 5.62. The predicted octanol–water partition coefficient (Wildman–Crippen LogP) is 0.873. The van der Waals surface area contributed by atoms with Crippen LogP contribution in [-0.2, 0) is 6.54 Å². The fraction of sp³-hybridized carbons (Fsp3) is 0.0556. The number of para-hydroxylation sites is 1. The Morgan fingerprint density at radius 1 is 0.962 bits per heavy atom. The Bertz CT molecular complexity index is 1210. The molecule has 0 saturated carbocycles. The third kappa shape index (κ3) is 2.27. The van der Waals surface area contributed by atoms with Crippen LogP contribution in [0.5, 0.6) is 5.88 Å². The van der Waals surface area contributed by atoms with Crippen molar-refractivity contribution in [3.8, 4) is 11.6 Å². The fourth-order valence-electron chi connectivity index (χ4n) is 2.95. The average Bonchev–Trinajstić information content (AvgIpc) is 3.28. The highest BCUT2D eigenvalue weighted by Gasteiger charge is 2.20. The molecule has 0 N–H and O–H groups in total. The molecule has 8 nitrogen and oxygen atoms in total. The van der Waals surface area contributed by atoms with E-state index in [2.05, 4.69) is 20.5 Å². The van der Waals surface area contributed by atoms with Crippen LogP contribution in [0.15, 0.2) is 67.0 Å². The molecule has 0 aliphatic rings. The summed E-state index contributed by atoms with van der Waals surface area (Å²) in [6, 6.07) is 19.4. The fourth-order valence-corrected chi connectivity index (χ4v) is 2.95. The van der Waals surface area contributed by atoms with Gasteiger partial charge in [-0.25, -0.2) is 4.68 Å². The van der Waals surface area contributed by atoms with E-state index in [9.17, 15) is 5.11 Å². The minimum absolute atomic E-state index is 0.354. The summed E-state index contributed by atoms with van der Waals surface area (Å²) < 4.78 is 4.68. The first-order chi connectivity index (χ1) is 12.8. The van der Waals surface area contributed by atoms with Gasteiger partial charge in [0, 0.05) is 0 Å². The van der Waals surface area contributed by atoms with Crippen LogP contribution in [0.1, 0.15) is 5.56 Å². The maximum atomic E-state index is 12.5. The van der Waals surface area contributed by atoms with Crippen LogP contribution >= 0.6 is 0 Å². The van der Waals surface area contributed by atoms with Gasteiger partial charge in [-0.2, -0.15) is 0 Å². The number of aromatic nitrogens is 7. The van der Waals surface area contributed by atoms with Crippen LogP contribution in [-0.4, -0.2) is 29.7 Å². The van der Waals surface area contributed by atoms with Crippen LogP contribution in [0.2, 0.25) is 0 Å². The molecule has 0 unspecified atom stereocenters. The quantitative estimate of drug-likeness (QED) is 0.454. The summed E-state index contributed by atoms with van der Waals surface area (Å²) >= 11 is 0. The minimum atomic E-state index is -0.383. The van der Waals surface area contributed by atoms with Crippen molar-refractivity contribution in [3.05, 3.63) is 72.6 Å². The first-order valence-corrected chi connectivity index (χ1v) is 8.10. The molecule has 0 atom stereocenters. The molecular weight excluding hydrogens is 330 g/mol. The Hall–Kier alpha value is -3.81. The smallest absolute Gasteiger partial charge is 0.316 e. The van der Waals surface area contributed by atoms with Crippen molar-refractivity contribution in [2.75, 3.05) is 0 Å². The van der Waals surface area contributed by atoms with Gasteiger partial charge in [-0.15, -0.1) is 5.10 Å². The van der Waals surface area contributed by atoms with Gasteiger partial charge in [0.25, 0.3) is 6.33 Å². The Morgan fingerprint density at radius 2 is 1.69 bits per heavy atom. The van der Waals surface area contributed by atoms with Gasteiger partial charge in [0.15, 0.2) is 11.2 Å². The molecule has 3 aromatic heterocycles. The molecule has 8 heteroatoms. The van der Waals surface area contributed by atoms with Crippen molar-refractivity contribution in [2.45, 2.75) is 6.54 Å². The molecule has 3 heterocycles. The molecule has 5 rings (SSSR count). The number of hydrogen-bond acceptors (Lipinski definition) is 5. The predicted molar refractivity (Wildman–Crippen MR) is 90.6 cm³/mol. The van der Waals surface area contributed by atoms with Crippen molar-refractivity contribution >= 4 is 16.7 Å². The first kappa shape index (κ1) is 14.5. The van der Waals surface area contributed by atoms with E-state index < -0.39 is 0 Å². The van der Waals surface area contributed by atoms with E-state index in [0.717, 1.165) is 11.3 Å². The summed E-state index contributed by atoms with van der Waals surface area (Å²) in [4.78, 5) is 0. The summed E-state index contributed by atoms with van der Waals surface area (Å²) in [5, 5.41) is 29.5. The summed E-state index contributed by atoms with van der Waals surface area (Å²) in [6.45, 7) is 0.448. The number of nitrogens with zero attached hydrogens (tertiary/aromatic N) is 7. The Morgan fingerprint density at radius 3 is 2.46 bits per heavy atom. The summed E-state index contributed by atoms with van der Waals surface area (Å²) in [7, 11) is 0. The van der Waals surface area contributed by atoms with Crippen molar-refractivity contribution < 1.29 is 9.79 Å². The Balaban J connectivity index is 1.67. The zero-order valence-electron chi connectivity index (χ0n) is 13.6. The highest BCUT2D eigenvalue weighted by Crippen LogP contribution is 2.21. The third-order valence-electron chi connectivity index (χ3n) is 4.18. The number of fused-ring (bicyclic) bond motifs is 3. The highest BCUT2D eigenvalue weighted by molar-refractivity contribution is 5.89. The number of benzene rings is 2. The second-order valence-electron chi connectivity index (χ2n) is 5.90. The molecule has 0 spiro atoms. The van der Waals surface area contributed by atoms with Gasteiger partial charge < -0.3 is 5.11 Å². The molecule has 0 saturated heterocycles. The first-order valence-electron chi connectivity index (χ1n) is 8.10. The minimum Gasteiger partial charge on any atom is -0.854 e. The van der Waals surface area contributed by atoms with Crippen molar-refractivity contribution in [1.29, 1.82) is 0 Å². The average molecular weight is 343 g/mol. The lowest BCUT2D eigenvalue weighted by Crippen LogP contribution is -2.31. The van der Waals surface area contributed by atoms with Crippen molar-refractivity contribution in [2.24, 2.45) is 0 Å². The maximum absolute atomic E-state index is 12.5. The number of hydrogen-bond donors (Lipinski definition) is 0. The van der Waals surface area contributed by atoms with E-state index in [-0.39, 0.29) is 5.88 Å². The summed E-state index contributed by atoms with van der Waals surface area (Å²) in [5.74, 6) is -0.383. The van der Waals surface area contributed by atoms with E-state index in [1.807, 2.05) is 60.7 Å². The normalized spacial score (nSPS) is 11.4. The molecule has 5 aromatic rings. The highest BCUT2D eigenvalue weighted by atomic mass is 16.3. The van der Waals surface area contributed by atoms with Crippen LogP contribution in [0, 0.1) is 0 Å². The zero-order chi connectivity index (χ0) is 17.5. The molecule has 0 aliphatic heterocycles. The van der Waals surface area contributed by atoms with E-state index in [1.54, 1.807) is 15.7 Å². The summed E-state index contributed by atoms with van der Waals surface area (Å²) in [5.41, 5.74) is 3.18. The molecule has 0 amide bonds. The standard InChI is InChI=1S/C18H13N7O/c26-18-16-15(19-22-23(16)11-13-7-3-1-4-8-13)17-20-24(12-25(17)21-18)14-9-5-2-6-10-14/h1-10,12H,11H2. The van der Waals surface area contributed by atoms with Crippen molar-refractivity contribution in [3.63, 3.8) is 0 Å². The van der Waals surface area contributed by atoms with Crippen molar-refractivity contribution in [1.82, 2.24) is 29.7 Å². The molecule has 2 aromatic carbocycles. The second-order valence-corrected chi connectivity index (χ2v) is 5.90. The molecule has 0 fully saturated rings. The topological polar surface area (TPSA) is 87.8 Å². The van der Waals surface area contributed by atoms with Gasteiger partial charge in [-0.05, 0) is 22.8 Å². The van der Waals surface area contributed by atoms with E-state index in [0.29, 0.717) is 23.2 Å². The maximum Gasteiger partial charge on any atom is 0.316 e.